The Kier molecular flexibility index (Phi) is 44.6. The summed E-state index contributed by atoms with van der Waals surface area (Å²) >= 11 is 0. The first-order valence-corrected chi connectivity index (χ1v) is 27.8. The number of phosphoric ester groups is 1. The van der Waals surface area contributed by atoms with Crippen molar-refractivity contribution in [3.05, 3.63) is 72.9 Å². The zero-order valence-electron chi connectivity index (χ0n) is 42.3. The number of phosphoric acid groups is 1. The Bertz CT molecular complexity index is 1270. The van der Waals surface area contributed by atoms with Gasteiger partial charge in [0, 0.05) is 6.42 Å². The minimum Gasteiger partial charge on any atom is -0.391 e. The number of carbonyl (C=O) groups excluding carboxylic acids is 1. The molecule has 0 bridgehead atoms. The van der Waals surface area contributed by atoms with E-state index in [1.807, 2.05) is 21.1 Å². The van der Waals surface area contributed by atoms with E-state index in [0.29, 0.717) is 23.9 Å². The number of carbonyl (C=O) groups is 1. The molecule has 3 unspecified atom stereocenters. The predicted molar refractivity (Wildman–Crippen MR) is 276 cm³/mol. The standard InChI is InChI=1S/C55H101N2O6P/c1-6-8-10-12-13-14-15-16-17-18-19-20-21-22-23-24-25-26-27-28-29-30-31-32-33-34-35-36-37-38-39-40-41-42-43-45-47-49-55(59)56-53(54(58)48-46-44-11-9-7-2)52-63-64(60,61)62-51-50-57(3,4)5/h8,10,13-14,16-17,19-20,22-23,25-26,53-54,58H,6-7,9,11-12,15,18,21,24,27-52H2,1-5H3,(H-,56,59,60,61)/p+1/b10-8-,14-13-,17-16-,20-19-,23-22-,26-25-. The van der Waals surface area contributed by atoms with Gasteiger partial charge < -0.3 is 19.8 Å². The molecule has 0 saturated heterocycles. The topological polar surface area (TPSA) is 105 Å². The van der Waals surface area contributed by atoms with Gasteiger partial charge in [-0.15, -0.1) is 0 Å². The average molecular weight is 918 g/mol. The van der Waals surface area contributed by atoms with Crippen LogP contribution in [0.3, 0.4) is 0 Å². The molecular formula is C55H102N2O6P+. The van der Waals surface area contributed by atoms with Crippen molar-refractivity contribution in [2.24, 2.45) is 0 Å². The zero-order chi connectivity index (χ0) is 47.1. The number of likely N-dealkylation sites (N-methyl/N-ethyl adjacent to an activating group) is 1. The maximum absolute atomic E-state index is 12.8. The largest absolute Gasteiger partial charge is 0.472 e. The number of amides is 1. The molecule has 0 rings (SSSR count). The Hall–Kier alpha value is -2.06. The molecule has 0 saturated carbocycles. The first-order valence-electron chi connectivity index (χ1n) is 26.3. The monoisotopic (exact) mass is 918 g/mol. The molecule has 0 aromatic carbocycles. The normalized spacial score (nSPS) is 14.7. The van der Waals surface area contributed by atoms with Crippen molar-refractivity contribution < 1.29 is 32.9 Å². The second kappa shape index (κ2) is 46.1. The average Bonchev–Trinajstić information content (AvgIpc) is 3.25. The van der Waals surface area contributed by atoms with Crippen LogP contribution in [-0.2, 0) is 18.4 Å². The fraction of sp³-hybridized carbons (Fsp3) is 0.764. The van der Waals surface area contributed by atoms with Gasteiger partial charge in [-0.3, -0.25) is 13.8 Å². The second-order valence-corrected chi connectivity index (χ2v) is 20.3. The van der Waals surface area contributed by atoms with Gasteiger partial charge in [0.25, 0.3) is 0 Å². The van der Waals surface area contributed by atoms with Crippen LogP contribution in [-0.4, -0.2) is 73.4 Å². The van der Waals surface area contributed by atoms with Crippen LogP contribution in [0.15, 0.2) is 72.9 Å². The molecule has 9 heteroatoms. The summed E-state index contributed by atoms with van der Waals surface area (Å²) in [6.07, 6.45) is 63.0. The number of nitrogens with one attached hydrogen (secondary N) is 1. The van der Waals surface area contributed by atoms with Crippen LogP contribution in [0.1, 0.15) is 219 Å². The molecule has 0 spiro atoms. The van der Waals surface area contributed by atoms with Gasteiger partial charge in [0.15, 0.2) is 0 Å². The lowest BCUT2D eigenvalue weighted by Gasteiger charge is -2.26. The SMILES string of the molecule is CC/C=C\C/C=C\C/C=C\C/C=C\C/C=C\C/C=C\CCCCCCCCCCCCCCCCCCCCC(=O)NC(COP(=O)(O)OCC[N+](C)(C)C)C(O)CCCCCCC. The number of hydrogen-bond acceptors (Lipinski definition) is 5. The summed E-state index contributed by atoms with van der Waals surface area (Å²) in [4.78, 5) is 23.0. The van der Waals surface area contributed by atoms with E-state index in [0.717, 1.165) is 89.9 Å². The second-order valence-electron chi connectivity index (χ2n) is 18.9. The summed E-state index contributed by atoms with van der Waals surface area (Å²) in [6.45, 7) is 4.68. The summed E-state index contributed by atoms with van der Waals surface area (Å²) in [6, 6.07) is -0.757. The van der Waals surface area contributed by atoms with Crippen LogP contribution in [0.25, 0.3) is 0 Å². The molecule has 0 aromatic rings. The van der Waals surface area contributed by atoms with E-state index in [1.54, 1.807) is 0 Å². The highest BCUT2D eigenvalue weighted by molar-refractivity contribution is 7.47. The molecule has 0 fully saturated rings. The van der Waals surface area contributed by atoms with Crippen molar-refractivity contribution >= 4 is 13.7 Å². The minimum atomic E-state index is -4.30. The summed E-state index contributed by atoms with van der Waals surface area (Å²) in [5, 5.41) is 13.8. The quantitative estimate of drug-likeness (QED) is 0.0243. The zero-order valence-corrected chi connectivity index (χ0v) is 43.1. The molecule has 8 nitrogen and oxygen atoms in total. The van der Waals surface area contributed by atoms with Crippen molar-refractivity contribution in [1.29, 1.82) is 0 Å². The number of unbranched alkanes of at least 4 members (excludes halogenated alkanes) is 22. The third-order valence-electron chi connectivity index (χ3n) is 11.5. The third-order valence-corrected chi connectivity index (χ3v) is 12.5. The number of allylic oxidation sites excluding steroid dienone is 12. The Balaban J connectivity index is 3.78. The maximum atomic E-state index is 12.8. The van der Waals surface area contributed by atoms with Crippen LogP contribution < -0.4 is 5.32 Å². The number of aliphatic hydroxyl groups excluding tert-OH is 1. The van der Waals surface area contributed by atoms with Gasteiger partial charge in [-0.05, 0) is 64.2 Å². The van der Waals surface area contributed by atoms with E-state index in [2.05, 4.69) is 92.1 Å². The van der Waals surface area contributed by atoms with Gasteiger partial charge in [-0.2, -0.15) is 0 Å². The van der Waals surface area contributed by atoms with Crippen molar-refractivity contribution in [3.63, 3.8) is 0 Å². The molecule has 3 N–H and O–H groups in total. The van der Waals surface area contributed by atoms with Crippen LogP contribution >= 0.6 is 7.82 Å². The smallest absolute Gasteiger partial charge is 0.391 e. The van der Waals surface area contributed by atoms with Gasteiger partial charge in [0.2, 0.25) is 5.91 Å². The van der Waals surface area contributed by atoms with Gasteiger partial charge in [-0.25, -0.2) is 4.57 Å². The lowest BCUT2D eigenvalue weighted by atomic mass is 10.0. The van der Waals surface area contributed by atoms with E-state index in [4.69, 9.17) is 9.05 Å². The Morgan fingerprint density at radius 3 is 1.38 bits per heavy atom. The number of nitrogens with zero attached hydrogens (tertiary/aromatic N) is 1. The van der Waals surface area contributed by atoms with Gasteiger partial charge in [0.05, 0.1) is 39.9 Å². The molecular weight excluding hydrogens is 816 g/mol. The number of aliphatic hydroxyl groups is 1. The van der Waals surface area contributed by atoms with E-state index in [9.17, 15) is 19.4 Å². The molecule has 0 aromatic heterocycles. The van der Waals surface area contributed by atoms with Crippen molar-refractivity contribution in [3.8, 4) is 0 Å². The van der Waals surface area contributed by atoms with Crippen molar-refractivity contribution in [2.75, 3.05) is 40.9 Å². The van der Waals surface area contributed by atoms with E-state index < -0.39 is 20.0 Å². The van der Waals surface area contributed by atoms with E-state index >= 15 is 0 Å². The number of quaternary nitrogens is 1. The summed E-state index contributed by atoms with van der Waals surface area (Å²) in [7, 11) is 1.61. The lowest BCUT2D eigenvalue weighted by Crippen LogP contribution is -2.46. The minimum absolute atomic E-state index is 0.0728. The van der Waals surface area contributed by atoms with Crippen LogP contribution in [0.5, 0.6) is 0 Å². The molecule has 0 radical (unpaired) electrons. The lowest BCUT2D eigenvalue weighted by molar-refractivity contribution is -0.870. The van der Waals surface area contributed by atoms with Gasteiger partial charge in [-0.1, -0.05) is 222 Å². The number of hydrogen-bond donors (Lipinski definition) is 3. The first kappa shape index (κ1) is 61.9. The van der Waals surface area contributed by atoms with Crippen LogP contribution in [0.2, 0.25) is 0 Å². The van der Waals surface area contributed by atoms with E-state index in [1.165, 1.54) is 103 Å². The first-order chi connectivity index (χ1) is 31.0. The Labute approximate surface area is 395 Å². The van der Waals surface area contributed by atoms with Crippen molar-refractivity contribution in [2.45, 2.75) is 231 Å². The molecule has 64 heavy (non-hydrogen) atoms. The maximum Gasteiger partial charge on any atom is 0.472 e. The van der Waals surface area contributed by atoms with Gasteiger partial charge >= 0.3 is 7.82 Å². The molecule has 0 aliphatic heterocycles. The van der Waals surface area contributed by atoms with Crippen molar-refractivity contribution in [1.82, 2.24) is 5.32 Å². The van der Waals surface area contributed by atoms with Gasteiger partial charge in [0.1, 0.15) is 13.2 Å². The predicted octanol–water partition coefficient (Wildman–Crippen LogP) is 15.5. The Morgan fingerprint density at radius 2 is 0.938 bits per heavy atom. The molecule has 0 aliphatic rings. The highest BCUT2D eigenvalue weighted by Crippen LogP contribution is 2.43. The fourth-order valence-corrected chi connectivity index (χ4v) is 8.08. The summed E-state index contributed by atoms with van der Waals surface area (Å²) in [5.74, 6) is -0.152. The highest BCUT2D eigenvalue weighted by atomic mass is 31.2. The van der Waals surface area contributed by atoms with E-state index in [-0.39, 0.29) is 19.1 Å². The molecule has 372 valence electrons. The highest BCUT2D eigenvalue weighted by Gasteiger charge is 2.28. The third kappa shape index (κ3) is 47.9. The Morgan fingerprint density at radius 1 is 0.547 bits per heavy atom. The molecule has 1 amide bonds. The summed E-state index contributed by atoms with van der Waals surface area (Å²) in [5.41, 5.74) is 0. The molecule has 3 atom stereocenters. The molecule has 0 heterocycles. The fourth-order valence-electron chi connectivity index (χ4n) is 7.34. The number of rotatable bonds is 47. The van der Waals surface area contributed by atoms with Crippen LogP contribution in [0, 0.1) is 0 Å². The molecule has 0 aliphatic carbocycles. The van der Waals surface area contributed by atoms with Crippen LogP contribution in [0.4, 0.5) is 0 Å². The summed E-state index contributed by atoms with van der Waals surface area (Å²) < 4.78 is 23.5.